The van der Waals surface area contributed by atoms with Crippen molar-refractivity contribution in [2.24, 2.45) is 14.1 Å². The molecule has 0 atom stereocenters. The molecule has 0 aliphatic heterocycles. The zero-order valence-corrected chi connectivity index (χ0v) is 22.5. The van der Waals surface area contributed by atoms with Crippen molar-refractivity contribution in [3.05, 3.63) is 92.0 Å². The first kappa shape index (κ1) is 28.0. The number of carboxylic acids is 1. The first-order valence-electron chi connectivity index (χ1n) is 12.3. The average molecular weight is 548 g/mol. The summed E-state index contributed by atoms with van der Waals surface area (Å²) >= 11 is 0. The third-order valence-corrected chi connectivity index (χ3v) is 6.09. The van der Waals surface area contributed by atoms with E-state index in [-0.39, 0.29) is 23.1 Å². The molecule has 0 fully saturated rings. The summed E-state index contributed by atoms with van der Waals surface area (Å²) in [5, 5.41) is 9.26. The second-order valence-corrected chi connectivity index (χ2v) is 9.29. The number of aryl methyl sites for hydroxylation is 1. The molecule has 0 aliphatic carbocycles. The molecule has 2 aromatic carbocycles. The van der Waals surface area contributed by atoms with Crippen LogP contribution in [0.2, 0.25) is 0 Å². The quantitative estimate of drug-likeness (QED) is 0.323. The molecule has 1 N–H and O–H groups in total. The first-order chi connectivity index (χ1) is 19.1. The molecule has 0 unspecified atom stereocenters. The van der Waals surface area contributed by atoms with Gasteiger partial charge in [0.1, 0.15) is 30.2 Å². The molecule has 0 spiro atoms. The van der Waals surface area contributed by atoms with Crippen molar-refractivity contribution < 1.29 is 19.1 Å². The number of imidazole rings is 1. The third kappa shape index (κ3) is 6.02. The van der Waals surface area contributed by atoms with Crippen molar-refractivity contribution >= 4 is 28.1 Å². The van der Waals surface area contributed by atoms with Gasteiger partial charge in [-0.15, -0.1) is 0 Å². The van der Waals surface area contributed by atoms with E-state index in [1.807, 2.05) is 44.4 Å². The number of aliphatic carboxylic acids is 1. The lowest BCUT2D eigenvalue weighted by molar-refractivity contribution is -0.137. The molecule has 12 heteroatoms. The number of rotatable bonds is 7. The normalized spacial score (nSPS) is 11.0. The van der Waals surface area contributed by atoms with E-state index < -0.39 is 17.2 Å². The molecular weight excluding hydrogens is 518 g/mol. The molecule has 208 valence electrons. The minimum atomic E-state index is -1.08. The Kier molecular flexibility index (Phi) is 8.29. The van der Waals surface area contributed by atoms with Gasteiger partial charge in [-0.05, 0) is 26.2 Å². The summed E-state index contributed by atoms with van der Waals surface area (Å²) < 4.78 is 14.9. The van der Waals surface area contributed by atoms with Gasteiger partial charge in [-0.1, -0.05) is 30.3 Å². The third-order valence-electron chi connectivity index (χ3n) is 6.09. The highest BCUT2D eigenvalue weighted by Crippen LogP contribution is 2.24. The van der Waals surface area contributed by atoms with Crippen LogP contribution in [-0.4, -0.2) is 61.9 Å². The summed E-state index contributed by atoms with van der Waals surface area (Å²) in [6.45, 7) is 1.04. The minimum absolute atomic E-state index is 0.0510. The highest BCUT2D eigenvalue weighted by molar-refractivity contribution is 5.80. The van der Waals surface area contributed by atoms with Crippen LogP contribution in [0.1, 0.15) is 0 Å². The summed E-state index contributed by atoms with van der Waals surface area (Å²) in [5.74, 6) is 0.182. The van der Waals surface area contributed by atoms with E-state index in [0.717, 1.165) is 16.7 Å². The Morgan fingerprint density at radius 3 is 2.42 bits per heavy atom. The fourth-order valence-corrected chi connectivity index (χ4v) is 3.98. The van der Waals surface area contributed by atoms with Gasteiger partial charge in [-0.2, -0.15) is 0 Å². The smallest absolute Gasteiger partial charge is 0.332 e. The van der Waals surface area contributed by atoms with E-state index in [1.54, 1.807) is 18.2 Å². The van der Waals surface area contributed by atoms with Crippen LogP contribution in [0.4, 0.5) is 0 Å². The molecule has 0 saturated heterocycles. The number of hydrogen-bond donors (Lipinski definition) is 1. The Morgan fingerprint density at radius 1 is 1.02 bits per heavy atom. The van der Waals surface area contributed by atoms with Gasteiger partial charge < -0.3 is 23.7 Å². The van der Waals surface area contributed by atoms with Crippen molar-refractivity contribution in [3.63, 3.8) is 0 Å². The van der Waals surface area contributed by atoms with Crippen molar-refractivity contribution in [2.75, 3.05) is 27.2 Å². The summed E-state index contributed by atoms with van der Waals surface area (Å²) in [6.07, 6.45) is 1.24. The molecule has 0 saturated carbocycles. The maximum Gasteiger partial charge on any atom is 0.332 e. The lowest BCUT2D eigenvalue weighted by atomic mass is 10.1. The maximum absolute atomic E-state index is 12.3. The SMILES string of the molecule is CN(C)CCOc1ccc2c(=O)cc(-c3ccccc3)oc2c1.Cn1c(=O)c2c(ncn2CC(=O)O)n(C)c1=O. The molecule has 12 nitrogen and oxygen atoms in total. The van der Waals surface area contributed by atoms with E-state index >= 15 is 0 Å². The predicted molar refractivity (Wildman–Crippen MR) is 150 cm³/mol. The van der Waals surface area contributed by atoms with Crippen molar-refractivity contribution in [3.8, 4) is 17.1 Å². The molecule has 0 aliphatic rings. The van der Waals surface area contributed by atoms with Gasteiger partial charge in [0, 0.05) is 38.3 Å². The molecule has 40 heavy (non-hydrogen) atoms. The van der Waals surface area contributed by atoms with Gasteiger partial charge in [0.25, 0.3) is 5.56 Å². The largest absolute Gasteiger partial charge is 0.492 e. The zero-order chi connectivity index (χ0) is 29.0. The maximum atomic E-state index is 12.3. The predicted octanol–water partition coefficient (Wildman–Crippen LogP) is 1.92. The molecular formula is C28H29N5O7. The van der Waals surface area contributed by atoms with Crippen LogP contribution in [-0.2, 0) is 25.4 Å². The standard InChI is InChI=1S/C19H19NO3.C9H10N4O4/c1-20(2)10-11-22-15-8-9-16-17(21)13-18(23-19(16)12-15)14-6-4-3-5-7-14;1-11-7-6(8(16)12(2)9(11)17)13(4-10-7)3-5(14)15/h3-9,12-13H,10-11H2,1-2H3;4H,3H2,1-2H3,(H,14,15). The lowest BCUT2D eigenvalue weighted by Gasteiger charge is -2.11. The van der Waals surface area contributed by atoms with Crippen LogP contribution in [0, 0.1) is 0 Å². The van der Waals surface area contributed by atoms with Crippen LogP contribution in [0.5, 0.6) is 5.75 Å². The van der Waals surface area contributed by atoms with Crippen LogP contribution in [0.15, 0.2) is 79.7 Å². The second-order valence-electron chi connectivity index (χ2n) is 9.29. The summed E-state index contributed by atoms with van der Waals surface area (Å²) in [5.41, 5.74) is 0.607. The second kappa shape index (κ2) is 11.8. The van der Waals surface area contributed by atoms with Gasteiger partial charge in [0.2, 0.25) is 0 Å². The number of likely N-dealkylation sites (N-methyl/N-ethyl adjacent to an activating group) is 1. The Hall–Kier alpha value is -4.97. The van der Waals surface area contributed by atoms with Crippen LogP contribution in [0.25, 0.3) is 33.5 Å². The number of hydrogen-bond acceptors (Lipinski definition) is 8. The van der Waals surface area contributed by atoms with Crippen molar-refractivity contribution in [1.29, 1.82) is 0 Å². The van der Waals surface area contributed by atoms with Crippen LogP contribution >= 0.6 is 0 Å². The van der Waals surface area contributed by atoms with E-state index in [4.69, 9.17) is 14.3 Å². The van der Waals surface area contributed by atoms with E-state index in [2.05, 4.69) is 9.88 Å². The Labute approximate surface area is 227 Å². The molecule has 5 rings (SSSR count). The fraction of sp³-hybridized carbons (Fsp3) is 0.250. The molecule has 0 radical (unpaired) electrons. The average Bonchev–Trinajstić information content (AvgIpc) is 3.34. The highest BCUT2D eigenvalue weighted by Gasteiger charge is 2.15. The Morgan fingerprint density at radius 2 is 1.75 bits per heavy atom. The Balaban J connectivity index is 0.000000194. The fourth-order valence-electron chi connectivity index (χ4n) is 3.98. The topological polar surface area (TPSA) is 142 Å². The number of ether oxygens (including phenoxy) is 1. The van der Waals surface area contributed by atoms with Crippen LogP contribution in [0.3, 0.4) is 0 Å². The van der Waals surface area contributed by atoms with Gasteiger partial charge >= 0.3 is 11.7 Å². The number of aromatic nitrogens is 4. The highest BCUT2D eigenvalue weighted by atomic mass is 16.5. The number of benzene rings is 2. The minimum Gasteiger partial charge on any atom is -0.492 e. The molecule has 3 aromatic heterocycles. The van der Waals surface area contributed by atoms with Gasteiger partial charge in [-0.3, -0.25) is 23.5 Å². The summed E-state index contributed by atoms with van der Waals surface area (Å²) in [6, 6.07) is 16.5. The number of carbonyl (C=O) groups is 1. The van der Waals surface area contributed by atoms with Gasteiger partial charge in [-0.25, -0.2) is 9.78 Å². The first-order valence-corrected chi connectivity index (χ1v) is 12.3. The lowest BCUT2D eigenvalue weighted by Crippen LogP contribution is -2.37. The number of carboxylic acid groups (broad SMARTS) is 1. The van der Waals surface area contributed by atoms with Gasteiger partial charge in [0.15, 0.2) is 16.6 Å². The molecule has 0 amide bonds. The zero-order valence-electron chi connectivity index (χ0n) is 22.5. The molecule has 0 bridgehead atoms. The van der Waals surface area contributed by atoms with Crippen molar-refractivity contribution in [1.82, 2.24) is 23.6 Å². The summed E-state index contributed by atoms with van der Waals surface area (Å²) in [4.78, 5) is 52.3. The number of fused-ring (bicyclic) bond motifs is 2. The van der Waals surface area contributed by atoms with Crippen molar-refractivity contribution in [2.45, 2.75) is 6.54 Å². The summed E-state index contributed by atoms with van der Waals surface area (Å²) in [7, 11) is 6.80. The van der Waals surface area contributed by atoms with E-state index in [1.165, 1.54) is 35.6 Å². The van der Waals surface area contributed by atoms with Gasteiger partial charge in [0.05, 0.1) is 11.7 Å². The monoisotopic (exact) mass is 547 g/mol. The van der Waals surface area contributed by atoms with Crippen LogP contribution < -0.4 is 21.4 Å². The van der Waals surface area contributed by atoms with E-state index in [0.29, 0.717) is 29.1 Å². The number of nitrogens with zero attached hydrogens (tertiary/aromatic N) is 5. The Bertz CT molecular complexity index is 1850. The van der Waals surface area contributed by atoms with E-state index in [9.17, 15) is 19.2 Å². The molecule has 5 aromatic rings. The molecule has 3 heterocycles.